The molecule has 0 radical (unpaired) electrons. The van der Waals surface area contributed by atoms with E-state index in [-0.39, 0.29) is 5.91 Å². The molecular formula is C12H12N2O3. The minimum Gasteiger partial charge on any atom is -0.465 e. The van der Waals surface area contributed by atoms with Crippen LogP contribution in [0.3, 0.4) is 0 Å². The van der Waals surface area contributed by atoms with Gasteiger partial charge in [-0.15, -0.1) is 0 Å². The van der Waals surface area contributed by atoms with Crippen molar-refractivity contribution in [2.45, 2.75) is 6.42 Å². The van der Waals surface area contributed by atoms with E-state index in [1.165, 1.54) is 12.1 Å². The third-order valence-corrected chi connectivity index (χ3v) is 2.48. The highest BCUT2D eigenvalue weighted by Gasteiger charge is 2.17. The summed E-state index contributed by atoms with van der Waals surface area (Å²) in [6, 6.07) is 6.34. The first-order valence-corrected chi connectivity index (χ1v) is 5.25. The molecule has 0 fully saturated rings. The van der Waals surface area contributed by atoms with Crippen LogP contribution in [0.15, 0.2) is 29.4 Å². The van der Waals surface area contributed by atoms with Gasteiger partial charge in [-0.05, 0) is 24.3 Å². The number of rotatable bonds is 2. The fourth-order valence-corrected chi connectivity index (χ4v) is 1.56. The summed E-state index contributed by atoms with van der Waals surface area (Å²) in [5, 5.41) is 5.36. The van der Waals surface area contributed by atoms with Gasteiger partial charge in [0.2, 0.25) is 0 Å². The third-order valence-electron chi connectivity index (χ3n) is 2.48. The van der Waals surface area contributed by atoms with Crippen LogP contribution in [0.4, 0.5) is 0 Å². The molecule has 1 aliphatic heterocycles. The monoisotopic (exact) mass is 232 g/mol. The predicted molar refractivity (Wildman–Crippen MR) is 61.9 cm³/mol. The molecule has 0 aliphatic carbocycles. The van der Waals surface area contributed by atoms with Crippen LogP contribution in [0.5, 0.6) is 0 Å². The zero-order valence-corrected chi connectivity index (χ0v) is 9.42. The van der Waals surface area contributed by atoms with Crippen LogP contribution in [0.1, 0.15) is 27.1 Å². The van der Waals surface area contributed by atoms with Crippen molar-refractivity contribution in [3.63, 3.8) is 0 Å². The van der Waals surface area contributed by atoms with Gasteiger partial charge in [0.25, 0.3) is 5.91 Å². The molecule has 2 rings (SSSR count). The molecule has 1 heterocycles. The van der Waals surface area contributed by atoms with Gasteiger partial charge in [0.1, 0.15) is 0 Å². The van der Waals surface area contributed by atoms with Gasteiger partial charge >= 0.3 is 5.97 Å². The molecule has 1 amide bonds. The van der Waals surface area contributed by atoms with Crippen molar-refractivity contribution in [3.05, 3.63) is 35.4 Å². The summed E-state index contributed by atoms with van der Waals surface area (Å²) in [7, 11) is 1.32. The molecule has 0 unspecified atom stereocenters. The van der Waals surface area contributed by atoms with Crippen molar-refractivity contribution in [1.29, 1.82) is 0 Å². The Morgan fingerprint density at radius 2 is 1.88 bits per heavy atom. The van der Waals surface area contributed by atoms with Crippen LogP contribution in [0.25, 0.3) is 0 Å². The molecule has 0 aromatic heterocycles. The fraction of sp³-hybridized carbons (Fsp3) is 0.250. The first kappa shape index (κ1) is 11.3. The van der Waals surface area contributed by atoms with Crippen molar-refractivity contribution in [3.8, 4) is 0 Å². The Labute approximate surface area is 98.7 Å². The van der Waals surface area contributed by atoms with Gasteiger partial charge in [-0.25, -0.2) is 9.80 Å². The van der Waals surface area contributed by atoms with Crippen molar-refractivity contribution in [1.82, 2.24) is 5.01 Å². The quantitative estimate of drug-likeness (QED) is 0.722. The maximum absolute atomic E-state index is 11.9. The molecule has 1 aromatic rings. The summed E-state index contributed by atoms with van der Waals surface area (Å²) >= 11 is 0. The molecular weight excluding hydrogens is 220 g/mol. The number of methoxy groups -OCH3 is 1. The summed E-state index contributed by atoms with van der Waals surface area (Å²) < 4.78 is 4.58. The lowest BCUT2D eigenvalue weighted by Crippen LogP contribution is -2.23. The van der Waals surface area contributed by atoms with Gasteiger partial charge in [0, 0.05) is 24.7 Å². The van der Waals surface area contributed by atoms with Crippen molar-refractivity contribution in [2.75, 3.05) is 13.7 Å². The standard InChI is InChI=1S/C12H12N2O3/c1-17-12(16)10-5-3-9(4-6-10)11(15)14-8-2-7-13-14/h3-7H,2,8H2,1H3. The van der Waals surface area contributed by atoms with E-state index in [1.807, 2.05) is 0 Å². The number of nitrogens with zero attached hydrogens (tertiary/aromatic N) is 2. The van der Waals surface area contributed by atoms with Gasteiger partial charge in [0.05, 0.1) is 12.7 Å². The van der Waals surface area contributed by atoms with Gasteiger partial charge in [-0.1, -0.05) is 0 Å². The second kappa shape index (κ2) is 4.78. The number of benzene rings is 1. The predicted octanol–water partition coefficient (Wildman–Crippen LogP) is 1.30. The molecule has 5 nitrogen and oxygen atoms in total. The SMILES string of the molecule is COC(=O)c1ccc(C(=O)N2CCC=N2)cc1. The molecule has 0 atom stereocenters. The van der Waals surface area contributed by atoms with E-state index >= 15 is 0 Å². The Morgan fingerprint density at radius 1 is 1.24 bits per heavy atom. The van der Waals surface area contributed by atoms with E-state index in [0.717, 1.165) is 6.42 Å². The van der Waals surface area contributed by atoms with Crippen molar-refractivity contribution in [2.24, 2.45) is 5.10 Å². The van der Waals surface area contributed by atoms with Gasteiger partial charge in [-0.3, -0.25) is 4.79 Å². The lowest BCUT2D eigenvalue weighted by molar-refractivity contribution is 0.0600. The van der Waals surface area contributed by atoms with Crippen LogP contribution in [0.2, 0.25) is 0 Å². The molecule has 88 valence electrons. The van der Waals surface area contributed by atoms with Crippen molar-refractivity contribution >= 4 is 18.1 Å². The maximum atomic E-state index is 11.9. The Bertz CT molecular complexity index is 465. The summed E-state index contributed by atoms with van der Waals surface area (Å²) in [6.07, 6.45) is 2.49. The van der Waals surface area contributed by atoms with Crippen LogP contribution in [-0.4, -0.2) is 36.8 Å². The van der Waals surface area contributed by atoms with E-state index in [9.17, 15) is 9.59 Å². The number of amides is 1. The number of hydrazone groups is 1. The Kier molecular flexibility index (Phi) is 3.18. The van der Waals surface area contributed by atoms with Crippen LogP contribution in [0, 0.1) is 0 Å². The largest absolute Gasteiger partial charge is 0.465 e. The van der Waals surface area contributed by atoms with Gasteiger partial charge in [0.15, 0.2) is 0 Å². The second-order valence-electron chi connectivity index (χ2n) is 3.58. The van der Waals surface area contributed by atoms with E-state index in [1.54, 1.807) is 30.5 Å². The minimum absolute atomic E-state index is 0.157. The summed E-state index contributed by atoms with van der Waals surface area (Å²) in [4.78, 5) is 23.1. The van der Waals surface area contributed by atoms with Crippen LogP contribution >= 0.6 is 0 Å². The smallest absolute Gasteiger partial charge is 0.337 e. The molecule has 0 N–H and O–H groups in total. The molecule has 0 saturated heterocycles. The Hall–Kier alpha value is -2.17. The highest BCUT2D eigenvalue weighted by molar-refractivity contribution is 5.96. The van der Waals surface area contributed by atoms with E-state index < -0.39 is 5.97 Å². The normalized spacial score (nSPS) is 13.8. The minimum atomic E-state index is -0.414. The van der Waals surface area contributed by atoms with Crippen LogP contribution < -0.4 is 0 Å². The fourth-order valence-electron chi connectivity index (χ4n) is 1.56. The molecule has 0 spiro atoms. The molecule has 0 bridgehead atoms. The van der Waals surface area contributed by atoms with E-state index in [0.29, 0.717) is 17.7 Å². The number of carbonyl (C=O) groups excluding carboxylic acids is 2. The number of carbonyl (C=O) groups is 2. The third kappa shape index (κ3) is 2.33. The maximum Gasteiger partial charge on any atom is 0.337 e. The van der Waals surface area contributed by atoms with E-state index in [2.05, 4.69) is 9.84 Å². The van der Waals surface area contributed by atoms with Crippen molar-refractivity contribution < 1.29 is 14.3 Å². The highest BCUT2D eigenvalue weighted by atomic mass is 16.5. The number of ether oxygens (including phenoxy) is 1. The topological polar surface area (TPSA) is 59.0 Å². The van der Waals surface area contributed by atoms with Gasteiger partial charge < -0.3 is 4.74 Å². The zero-order chi connectivity index (χ0) is 12.3. The van der Waals surface area contributed by atoms with Crippen LogP contribution in [-0.2, 0) is 4.74 Å². The lowest BCUT2D eigenvalue weighted by atomic mass is 10.1. The van der Waals surface area contributed by atoms with E-state index in [4.69, 9.17) is 0 Å². The molecule has 1 aromatic carbocycles. The zero-order valence-electron chi connectivity index (χ0n) is 9.42. The number of hydrogen-bond acceptors (Lipinski definition) is 4. The van der Waals surface area contributed by atoms with Gasteiger partial charge in [-0.2, -0.15) is 5.10 Å². The lowest BCUT2D eigenvalue weighted by Gasteiger charge is -2.11. The molecule has 0 saturated carbocycles. The molecule has 1 aliphatic rings. The summed E-state index contributed by atoms with van der Waals surface area (Å²) in [6.45, 7) is 0.609. The Morgan fingerprint density at radius 3 is 2.41 bits per heavy atom. The highest BCUT2D eigenvalue weighted by Crippen LogP contribution is 2.11. The Balaban J connectivity index is 2.14. The summed E-state index contributed by atoms with van der Waals surface area (Å²) in [5.41, 5.74) is 0.936. The average molecular weight is 232 g/mol. The first-order valence-electron chi connectivity index (χ1n) is 5.25. The second-order valence-corrected chi connectivity index (χ2v) is 3.58. The number of hydrogen-bond donors (Lipinski definition) is 0. The first-order chi connectivity index (χ1) is 8.22. The molecule has 17 heavy (non-hydrogen) atoms. The molecule has 5 heteroatoms. The average Bonchev–Trinajstić information content (AvgIpc) is 2.91. The summed E-state index contributed by atoms with van der Waals surface area (Å²) in [5.74, 6) is -0.571. The number of esters is 1.